The van der Waals surface area contributed by atoms with E-state index in [1.54, 1.807) is 17.0 Å². The van der Waals surface area contributed by atoms with Crippen LogP contribution in [0.2, 0.25) is 0 Å². The molecular formula is C27H26FN3O2. The summed E-state index contributed by atoms with van der Waals surface area (Å²) in [6.45, 7) is 5.74. The van der Waals surface area contributed by atoms with Crippen molar-refractivity contribution in [3.05, 3.63) is 89.5 Å². The van der Waals surface area contributed by atoms with Crippen molar-refractivity contribution >= 4 is 22.6 Å². The summed E-state index contributed by atoms with van der Waals surface area (Å²) in [5.41, 5.74) is 4.92. The molecule has 1 aliphatic rings. The average Bonchev–Trinajstić information content (AvgIpc) is 3.37. The highest BCUT2D eigenvalue weighted by Crippen LogP contribution is 2.33. The van der Waals surface area contributed by atoms with Gasteiger partial charge in [0.2, 0.25) is 5.91 Å². The van der Waals surface area contributed by atoms with Gasteiger partial charge in [-0.15, -0.1) is 0 Å². The van der Waals surface area contributed by atoms with E-state index in [0.717, 1.165) is 33.7 Å². The van der Waals surface area contributed by atoms with Crippen molar-refractivity contribution in [2.45, 2.75) is 32.7 Å². The molecule has 1 amide bonds. The molecule has 5 nitrogen and oxygen atoms in total. The molecule has 168 valence electrons. The first-order valence-corrected chi connectivity index (χ1v) is 11.2. The molecule has 0 saturated carbocycles. The molecule has 0 spiro atoms. The molecule has 4 aromatic rings. The van der Waals surface area contributed by atoms with Crippen molar-refractivity contribution in [1.29, 1.82) is 0 Å². The summed E-state index contributed by atoms with van der Waals surface area (Å²) in [7, 11) is 0. The first-order chi connectivity index (χ1) is 16.0. The van der Waals surface area contributed by atoms with E-state index in [1.165, 1.54) is 12.1 Å². The minimum atomic E-state index is -0.312. The fourth-order valence-electron chi connectivity index (χ4n) is 4.50. The van der Waals surface area contributed by atoms with Crippen LogP contribution in [0.1, 0.15) is 29.3 Å². The highest BCUT2D eigenvalue weighted by Gasteiger charge is 2.34. The number of hydrogen-bond donors (Lipinski definition) is 0. The number of imidazole rings is 1. The maximum Gasteiger partial charge on any atom is 0.227 e. The van der Waals surface area contributed by atoms with Crippen molar-refractivity contribution in [1.82, 2.24) is 9.55 Å². The molecule has 2 heterocycles. The largest absolute Gasteiger partial charge is 0.491 e. The predicted octanol–water partition coefficient (Wildman–Crippen LogP) is 5.39. The van der Waals surface area contributed by atoms with Crippen LogP contribution in [0.15, 0.2) is 66.7 Å². The highest BCUT2D eigenvalue weighted by molar-refractivity contribution is 5.96. The van der Waals surface area contributed by atoms with Crippen LogP contribution < -0.4 is 9.64 Å². The van der Waals surface area contributed by atoms with Gasteiger partial charge in [-0.25, -0.2) is 9.37 Å². The first-order valence-electron chi connectivity index (χ1n) is 11.2. The van der Waals surface area contributed by atoms with E-state index in [4.69, 9.17) is 9.72 Å². The number of halogens is 1. The topological polar surface area (TPSA) is 47.4 Å². The molecule has 3 aromatic carbocycles. The Bertz CT molecular complexity index is 1310. The van der Waals surface area contributed by atoms with Crippen LogP contribution in [0, 0.1) is 19.7 Å². The lowest BCUT2D eigenvalue weighted by Crippen LogP contribution is -2.24. The molecule has 0 bridgehead atoms. The van der Waals surface area contributed by atoms with Gasteiger partial charge >= 0.3 is 0 Å². The number of rotatable bonds is 6. The van der Waals surface area contributed by atoms with Gasteiger partial charge in [0.15, 0.2) is 0 Å². The molecule has 1 saturated heterocycles. The number of anilines is 1. The lowest BCUT2D eigenvalue weighted by molar-refractivity contribution is -0.117. The van der Waals surface area contributed by atoms with Gasteiger partial charge < -0.3 is 14.2 Å². The number of aryl methyl sites for hydroxylation is 2. The van der Waals surface area contributed by atoms with Gasteiger partial charge in [0, 0.05) is 24.6 Å². The van der Waals surface area contributed by atoms with Gasteiger partial charge in [0.1, 0.15) is 24.0 Å². The zero-order chi connectivity index (χ0) is 22.9. The Labute approximate surface area is 192 Å². The molecule has 1 atom stereocenters. The molecule has 1 aliphatic heterocycles. The normalized spacial score (nSPS) is 16.0. The molecule has 5 rings (SSSR count). The highest BCUT2D eigenvalue weighted by atomic mass is 19.1. The predicted molar refractivity (Wildman–Crippen MR) is 127 cm³/mol. The number of carbonyl (C=O) groups is 1. The van der Waals surface area contributed by atoms with Crippen molar-refractivity contribution in [2.75, 3.05) is 18.1 Å². The minimum Gasteiger partial charge on any atom is -0.491 e. The van der Waals surface area contributed by atoms with Gasteiger partial charge in [0.05, 0.1) is 17.6 Å². The summed E-state index contributed by atoms with van der Waals surface area (Å²) in [5, 5.41) is 0. The number of amides is 1. The lowest BCUT2D eigenvalue weighted by atomic mass is 10.1. The van der Waals surface area contributed by atoms with E-state index in [1.807, 2.05) is 25.1 Å². The van der Waals surface area contributed by atoms with Crippen molar-refractivity contribution in [3.8, 4) is 5.75 Å². The van der Waals surface area contributed by atoms with Gasteiger partial charge in [-0.05, 0) is 67.4 Å². The maximum absolute atomic E-state index is 13.3. The average molecular weight is 444 g/mol. The van der Waals surface area contributed by atoms with Crippen LogP contribution in [0.3, 0.4) is 0 Å². The molecule has 6 heteroatoms. The number of nitrogens with zero attached hydrogens (tertiary/aromatic N) is 3. The Morgan fingerprint density at radius 1 is 1.06 bits per heavy atom. The molecule has 1 unspecified atom stereocenters. The Hall–Kier alpha value is -3.67. The van der Waals surface area contributed by atoms with Crippen LogP contribution in [0.25, 0.3) is 11.0 Å². The smallest absolute Gasteiger partial charge is 0.227 e. The SMILES string of the molecule is Cc1ccc(C)c(OCCn2c(C3CC(=O)N(c4ccc(F)cc4)C3)nc3ccccc32)c1. The van der Waals surface area contributed by atoms with Gasteiger partial charge in [-0.3, -0.25) is 4.79 Å². The van der Waals surface area contributed by atoms with Crippen molar-refractivity contribution in [2.24, 2.45) is 0 Å². The van der Waals surface area contributed by atoms with Crippen LogP contribution >= 0.6 is 0 Å². The second-order valence-corrected chi connectivity index (χ2v) is 8.61. The van der Waals surface area contributed by atoms with E-state index < -0.39 is 0 Å². The second kappa shape index (κ2) is 8.70. The number of ether oxygens (including phenoxy) is 1. The van der Waals surface area contributed by atoms with Crippen molar-refractivity contribution < 1.29 is 13.9 Å². The number of fused-ring (bicyclic) bond motifs is 1. The summed E-state index contributed by atoms with van der Waals surface area (Å²) >= 11 is 0. The minimum absolute atomic E-state index is 0.0249. The summed E-state index contributed by atoms with van der Waals surface area (Å²) in [5.74, 6) is 1.44. The molecular weight excluding hydrogens is 417 g/mol. The Morgan fingerprint density at radius 2 is 1.85 bits per heavy atom. The molecule has 0 aliphatic carbocycles. The molecule has 0 N–H and O–H groups in total. The molecule has 1 fully saturated rings. The van der Waals surface area contributed by atoms with Gasteiger partial charge in [-0.1, -0.05) is 24.3 Å². The zero-order valence-electron chi connectivity index (χ0n) is 18.8. The quantitative estimate of drug-likeness (QED) is 0.401. The van der Waals surface area contributed by atoms with Gasteiger partial charge in [0.25, 0.3) is 0 Å². The van der Waals surface area contributed by atoms with Crippen LogP contribution in [0.5, 0.6) is 5.75 Å². The summed E-state index contributed by atoms with van der Waals surface area (Å²) in [4.78, 5) is 19.4. The summed E-state index contributed by atoms with van der Waals surface area (Å²) in [6.07, 6.45) is 0.374. The molecule has 0 radical (unpaired) electrons. The number of para-hydroxylation sites is 2. The third-order valence-electron chi connectivity index (χ3n) is 6.23. The third kappa shape index (κ3) is 4.21. The summed E-state index contributed by atoms with van der Waals surface area (Å²) in [6, 6.07) is 20.3. The maximum atomic E-state index is 13.3. The number of aromatic nitrogens is 2. The fourth-order valence-corrected chi connectivity index (χ4v) is 4.50. The van der Waals surface area contributed by atoms with E-state index in [9.17, 15) is 9.18 Å². The molecule has 33 heavy (non-hydrogen) atoms. The number of carbonyl (C=O) groups excluding carboxylic acids is 1. The third-order valence-corrected chi connectivity index (χ3v) is 6.23. The molecule has 1 aromatic heterocycles. The Balaban J connectivity index is 1.40. The van der Waals surface area contributed by atoms with E-state index in [0.29, 0.717) is 31.8 Å². The zero-order valence-corrected chi connectivity index (χ0v) is 18.8. The van der Waals surface area contributed by atoms with Crippen molar-refractivity contribution in [3.63, 3.8) is 0 Å². The number of hydrogen-bond acceptors (Lipinski definition) is 3. The van der Waals surface area contributed by atoms with Crippen LogP contribution in [-0.4, -0.2) is 28.6 Å². The summed E-state index contributed by atoms with van der Waals surface area (Å²) < 4.78 is 21.6. The van der Waals surface area contributed by atoms with Crippen LogP contribution in [0.4, 0.5) is 10.1 Å². The monoisotopic (exact) mass is 443 g/mol. The lowest BCUT2D eigenvalue weighted by Gasteiger charge is -2.18. The Morgan fingerprint density at radius 3 is 2.67 bits per heavy atom. The first kappa shape index (κ1) is 21.2. The van der Waals surface area contributed by atoms with E-state index >= 15 is 0 Å². The second-order valence-electron chi connectivity index (χ2n) is 8.61. The van der Waals surface area contributed by atoms with E-state index in [-0.39, 0.29) is 17.6 Å². The van der Waals surface area contributed by atoms with Gasteiger partial charge in [-0.2, -0.15) is 0 Å². The van der Waals surface area contributed by atoms with Crippen LogP contribution in [-0.2, 0) is 11.3 Å². The van der Waals surface area contributed by atoms with E-state index in [2.05, 4.69) is 35.8 Å². The Kier molecular flexibility index (Phi) is 5.58. The number of benzene rings is 3. The fraction of sp³-hybridized carbons (Fsp3) is 0.259. The standard InChI is InChI=1S/C27H26FN3O2/c1-18-7-8-19(2)25(15-18)33-14-13-30-24-6-4-3-5-23(24)29-27(30)20-16-26(32)31(17-20)22-11-9-21(28)10-12-22/h3-12,15,20H,13-14,16-17H2,1-2H3.